The average molecular weight is 262 g/mol. The molecule has 1 aromatic carbocycles. The molecule has 1 aromatic rings. The van der Waals surface area contributed by atoms with Crippen LogP contribution in [0.4, 0.5) is 0 Å². The third kappa shape index (κ3) is 3.71. The molecular formula is C16H26N2O. The van der Waals surface area contributed by atoms with Crippen molar-refractivity contribution < 1.29 is 4.74 Å². The number of rotatable bonds is 5. The molecule has 2 rings (SSSR count). The fourth-order valence-electron chi connectivity index (χ4n) is 2.99. The maximum Gasteiger partial charge on any atom is 0.123 e. The van der Waals surface area contributed by atoms with Crippen LogP contribution in [0.25, 0.3) is 0 Å². The van der Waals surface area contributed by atoms with Crippen molar-refractivity contribution >= 4 is 0 Å². The Balaban J connectivity index is 2.01. The Bertz CT molecular complexity index is 400. The van der Waals surface area contributed by atoms with Gasteiger partial charge in [0.1, 0.15) is 5.75 Å². The number of benzene rings is 1. The molecule has 1 aliphatic rings. The molecule has 0 amide bonds. The van der Waals surface area contributed by atoms with E-state index >= 15 is 0 Å². The van der Waals surface area contributed by atoms with Gasteiger partial charge in [0.25, 0.3) is 0 Å². The molecule has 1 aliphatic carbocycles. The molecule has 3 nitrogen and oxygen atoms in total. The average Bonchev–Trinajstić information content (AvgIpc) is 2.48. The van der Waals surface area contributed by atoms with Gasteiger partial charge in [-0.3, -0.25) is 4.90 Å². The molecule has 0 aromatic heterocycles. The Morgan fingerprint density at radius 3 is 2.63 bits per heavy atom. The van der Waals surface area contributed by atoms with E-state index in [2.05, 4.69) is 30.1 Å². The van der Waals surface area contributed by atoms with Gasteiger partial charge in [-0.1, -0.05) is 31.4 Å². The van der Waals surface area contributed by atoms with E-state index < -0.39 is 0 Å². The summed E-state index contributed by atoms with van der Waals surface area (Å²) in [6.07, 6.45) is 6.85. The number of ether oxygens (including phenoxy) is 1. The van der Waals surface area contributed by atoms with E-state index in [4.69, 9.17) is 10.5 Å². The first-order chi connectivity index (χ1) is 9.24. The minimum absolute atomic E-state index is 0.530. The number of hydrogen-bond donors (Lipinski definition) is 1. The van der Waals surface area contributed by atoms with Gasteiger partial charge in [0.2, 0.25) is 0 Å². The second-order valence-corrected chi connectivity index (χ2v) is 5.56. The Morgan fingerprint density at radius 2 is 2.00 bits per heavy atom. The lowest BCUT2D eigenvalue weighted by Gasteiger charge is -2.31. The van der Waals surface area contributed by atoms with Crippen LogP contribution < -0.4 is 10.5 Å². The summed E-state index contributed by atoms with van der Waals surface area (Å²) in [5.74, 6) is 0.914. The molecule has 0 radical (unpaired) electrons. The highest BCUT2D eigenvalue weighted by atomic mass is 16.5. The lowest BCUT2D eigenvalue weighted by Crippen LogP contribution is -2.32. The first-order valence-corrected chi connectivity index (χ1v) is 7.30. The van der Waals surface area contributed by atoms with Gasteiger partial charge in [0.05, 0.1) is 7.11 Å². The molecule has 2 N–H and O–H groups in total. The first kappa shape index (κ1) is 14.4. The maximum absolute atomic E-state index is 5.70. The van der Waals surface area contributed by atoms with Gasteiger partial charge in [-0.2, -0.15) is 0 Å². The van der Waals surface area contributed by atoms with E-state index in [-0.39, 0.29) is 0 Å². The third-order valence-electron chi connectivity index (χ3n) is 4.20. The minimum Gasteiger partial charge on any atom is -0.496 e. The summed E-state index contributed by atoms with van der Waals surface area (Å²) in [7, 11) is 3.95. The highest BCUT2D eigenvalue weighted by Gasteiger charge is 2.18. The monoisotopic (exact) mass is 262 g/mol. The molecule has 3 heteroatoms. The van der Waals surface area contributed by atoms with E-state index in [9.17, 15) is 0 Å². The molecule has 0 unspecified atom stereocenters. The number of nitrogens with two attached hydrogens (primary N) is 1. The molecule has 106 valence electrons. The number of hydrogen-bond acceptors (Lipinski definition) is 3. The standard InChI is InChI=1S/C16H26N2O/c1-18(15-6-4-3-5-7-15)12-13-8-9-14(11-17)16(10-13)19-2/h8-10,15H,3-7,11-12,17H2,1-2H3. The van der Waals surface area contributed by atoms with E-state index in [1.54, 1.807) is 7.11 Å². The fraction of sp³-hybridized carbons (Fsp3) is 0.625. The summed E-state index contributed by atoms with van der Waals surface area (Å²) in [5.41, 5.74) is 8.09. The smallest absolute Gasteiger partial charge is 0.123 e. The summed E-state index contributed by atoms with van der Waals surface area (Å²) in [6, 6.07) is 7.13. The van der Waals surface area contributed by atoms with Crippen LogP contribution in [0.1, 0.15) is 43.2 Å². The zero-order valence-corrected chi connectivity index (χ0v) is 12.2. The fourth-order valence-corrected chi connectivity index (χ4v) is 2.99. The largest absolute Gasteiger partial charge is 0.496 e. The van der Waals surface area contributed by atoms with E-state index in [0.717, 1.165) is 23.9 Å². The van der Waals surface area contributed by atoms with Gasteiger partial charge in [-0.25, -0.2) is 0 Å². The van der Waals surface area contributed by atoms with Crippen LogP contribution in [0.5, 0.6) is 5.75 Å². The minimum atomic E-state index is 0.530. The molecular weight excluding hydrogens is 236 g/mol. The summed E-state index contributed by atoms with van der Waals surface area (Å²) in [6.45, 7) is 1.52. The maximum atomic E-state index is 5.70. The van der Waals surface area contributed by atoms with E-state index in [1.165, 1.54) is 37.7 Å². The molecule has 0 saturated heterocycles. The molecule has 19 heavy (non-hydrogen) atoms. The van der Waals surface area contributed by atoms with Gasteiger partial charge in [-0.05, 0) is 31.5 Å². The highest BCUT2D eigenvalue weighted by molar-refractivity contribution is 5.37. The van der Waals surface area contributed by atoms with Gasteiger partial charge in [0.15, 0.2) is 0 Å². The van der Waals surface area contributed by atoms with Crippen molar-refractivity contribution in [2.75, 3.05) is 14.2 Å². The van der Waals surface area contributed by atoms with Crippen LogP contribution in [0.3, 0.4) is 0 Å². The third-order valence-corrected chi connectivity index (χ3v) is 4.20. The summed E-state index contributed by atoms with van der Waals surface area (Å²) in [4.78, 5) is 2.48. The lowest BCUT2D eigenvalue weighted by molar-refractivity contribution is 0.184. The summed E-state index contributed by atoms with van der Waals surface area (Å²) in [5, 5.41) is 0. The number of methoxy groups -OCH3 is 1. The van der Waals surface area contributed by atoms with Crippen LogP contribution in [-0.4, -0.2) is 25.1 Å². The summed E-state index contributed by atoms with van der Waals surface area (Å²) >= 11 is 0. The van der Waals surface area contributed by atoms with Crippen molar-refractivity contribution in [1.82, 2.24) is 4.90 Å². The predicted molar refractivity (Wildman–Crippen MR) is 79.2 cm³/mol. The van der Waals surface area contributed by atoms with Crippen LogP contribution in [0.2, 0.25) is 0 Å². The highest BCUT2D eigenvalue weighted by Crippen LogP contribution is 2.25. The van der Waals surface area contributed by atoms with Crippen LogP contribution in [0.15, 0.2) is 18.2 Å². The Hall–Kier alpha value is -1.06. The molecule has 0 atom stereocenters. The Labute approximate surface area is 116 Å². The van der Waals surface area contributed by atoms with Crippen LogP contribution >= 0.6 is 0 Å². The van der Waals surface area contributed by atoms with Crippen molar-refractivity contribution in [3.63, 3.8) is 0 Å². The van der Waals surface area contributed by atoms with E-state index in [1.807, 2.05) is 0 Å². The molecule has 0 aliphatic heterocycles. The normalized spacial score (nSPS) is 16.8. The first-order valence-electron chi connectivity index (χ1n) is 7.30. The predicted octanol–water partition coefficient (Wildman–Crippen LogP) is 2.92. The molecule has 0 bridgehead atoms. The van der Waals surface area contributed by atoms with Gasteiger partial charge >= 0.3 is 0 Å². The SMILES string of the molecule is COc1cc(CN(C)C2CCCCC2)ccc1CN. The van der Waals surface area contributed by atoms with Crippen molar-refractivity contribution in [2.24, 2.45) is 5.73 Å². The molecule has 1 saturated carbocycles. The van der Waals surface area contributed by atoms with Gasteiger partial charge < -0.3 is 10.5 Å². The van der Waals surface area contributed by atoms with Gasteiger partial charge in [-0.15, -0.1) is 0 Å². The topological polar surface area (TPSA) is 38.5 Å². The zero-order valence-electron chi connectivity index (χ0n) is 12.2. The van der Waals surface area contributed by atoms with E-state index in [0.29, 0.717) is 6.54 Å². The Kier molecular flexibility index (Phi) is 5.23. The van der Waals surface area contributed by atoms with Crippen molar-refractivity contribution in [3.8, 4) is 5.75 Å². The molecule has 0 heterocycles. The molecule has 1 fully saturated rings. The second-order valence-electron chi connectivity index (χ2n) is 5.56. The molecule has 0 spiro atoms. The van der Waals surface area contributed by atoms with Crippen molar-refractivity contribution in [1.29, 1.82) is 0 Å². The summed E-state index contributed by atoms with van der Waals surface area (Å²) < 4.78 is 5.41. The van der Waals surface area contributed by atoms with Gasteiger partial charge in [0, 0.05) is 24.7 Å². The Morgan fingerprint density at radius 1 is 1.26 bits per heavy atom. The van der Waals surface area contributed by atoms with Crippen LogP contribution in [-0.2, 0) is 13.1 Å². The quantitative estimate of drug-likeness (QED) is 0.886. The second kappa shape index (κ2) is 6.92. The van der Waals surface area contributed by atoms with Crippen molar-refractivity contribution in [3.05, 3.63) is 29.3 Å². The van der Waals surface area contributed by atoms with Crippen molar-refractivity contribution in [2.45, 2.75) is 51.2 Å². The number of nitrogens with zero attached hydrogens (tertiary/aromatic N) is 1. The zero-order chi connectivity index (χ0) is 13.7. The lowest BCUT2D eigenvalue weighted by atomic mass is 9.94. The van der Waals surface area contributed by atoms with Crippen LogP contribution in [0, 0.1) is 0 Å².